The van der Waals surface area contributed by atoms with E-state index in [1.54, 1.807) is 11.2 Å². The number of urea groups is 1. The van der Waals surface area contributed by atoms with Crippen molar-refractivity contribution in [2.45, 2.75) is 50.0 Å². The fraction of sp³-hybridized carbons (Fsp3) is 0.542. The number of imidazole rings is 1. The van der Waals surface area contributed by atoms with Gasteiger partial charge >= 0.3 is 6.03 Å². The van der Waals surface area contributed by atoms with Gasteiger partial charge in [-0.15, -0.1) is 0 Å². The van der Waals surface area contributed by atoms with Crippen LogP contribution in [0.2, 0.25) is 0 Å². The highest BCUT2D eigenvalue weighted by Gasteiger charge is 2.40. The number of carbonyl (C=O) groups excluding carboxylic acids is 2. The number of aliphatic hydroxyl groups is 1. The van der Waals surface area contributed by atoms with Crippen molar-refractivity contribution in [3.8, 4) is 0 Å². The van der Waals surface area contributed by atoms with Crippen LogP contribution in [0.25, 0.3) is 0 Å². The predicted octanol–water partition coefficient (Wildman–Crippen LogP) is 1.45. The summed E-state index contributed by atoms with van der Waals surface area (Å²) in [6, 6.07) is 4.77. The molecule has 0 unspecified atom stereocenters. The van der Waals surface area contributed by atoms with E-state index in [9.17, 15) is 19.1 Å². The number of aryl methyl sites for hydroxylation is 1. The molecule has 10 nitrogen and oxygen atoms in total. The summed E-state index contributed by atoms with van der Waals surface area (Å²) >= 11 is 0. The van der Waals surface area contributed by atoms with Gasteiger partial charge in [0.25, 0.3) is 0 Å². The quantitative estimate of drug-likeness (QED) is 0.565. The molecule has 2 aromatic rings. The first-order valence-corrected chi connectivity index (χ1v) is 11.9. The van der Waals surface area contributed by atoms with Gasteiger partial charge in [-0.2, -0.15) is 0 Å². The zero-order valence-electron chi connectivity index (χ0n) is 19.7. The van der Waals surface area contributed by atoms with Crippen molar-refractivity contribution in [3.63, 3.8) is 0 Å². The summed E-state index contributed by atoms with van der Waals surface area (Å²) in [5.74, 6) is -0.494. The Morgan fingerprint density at radius 1 is 1.23 bits per heavy atom. The number of aliphatic hydroxyl groups excluding tert-OH is 1. The van der Waals surface area contributed by atoms with E-state index in [1.165, 1.54) is 24.3 Å². The van der Waals surface area contributed by atoms with Gasteiger partial charge in [-0.1, -0.05) is 0 Å². The molecule has 0 aliphatic carbocycles. The van der Waals surface area contributed by atoms with E-state index in [2.05, 4.69) is 15.6 Å². The lowest BCUT2D eigenvalue weighted by Crippen LogP contribution is -2.58. The number of hydrogen-bond donors (Lipinski definition) is 3. The third kappa shape index (κ3) is 7.00. The largest absolute Gasteiger partial charge is 0.389 e. The van der Waals surface area contributed by atoms with E-state index in [4.69, 9.17) is 9.47 Å². The third-order valence-electron chi connectivity index (χ3n) is 6.21. The van der Waals surface area contributed by atoms with Crippen LogP contribution in [-0.2, 0) is 27.7 Å². The molecule has 2 aliphatic rings. The molecule has 1 aromatic heterocycles. The highest BCUT2D eigenvalue weighted by Crippen LogP contribution is 2.28. The Balaban J connectivity index is 1.32. The summed E-state index contributed by atoms with van der Waals surface area (Å²) in [6.45, 7) is 0.856. The summed E-state index contributed by atoms with van der Waals surface area (Å²) in [6.07, 6.45) is 4.14. The Hall–Kier alpha value is -3.02. The van der Waals surface area contributed by atoms with Gasteiger partial charge in [0.05, 0.1) is 56.5 Å². The van der Waals surface area contributed by atoms with Crippen LogP contribution < -0.4 is 10.6 Å². The van der Waals surface area contributed by atoms with Gasteiger partial charge in [-0.25, -0.2) is 14.2 Å². The fourth-order valence-corrected chi connectivity index (χ4v) is 4.51. The maximum Gasteiger partial charge on any atom is 0.322 e. The minimum Gasteiger partial charge on any atom is -0.389 e. The van der Waals surface area contributed by atoms with Crippen LogP contribution in [0.1, 0.15) is 25.0 Å². The molecule has 0 saturated carbocycles. The molecule has 0 radical (unpaired) electrons. The Morgan fingerprint density at radius 3 is 2.77 bits per heavy atom. The number of rotatable bonds is 6. The topological polar surface area (TPSA) is 118 Å². The molecule has 2 saturated heterocycles. The van der Waals surface area contributed by atoms with Crippen molar-refractivity contribution >= 4 is 17.6 Å². The fourth-order valence-electron chi connectivity index (χ4n) is 4.51. The van der Waals surface area contributed by atoms with E-state index in [0.29, 0.717) is 31.5 Å². The molecular formula is C24H32FN5O5. The van der Waals surface area contributed by atoms with E-state index >= 15 is 0 Å². The lowest BCUT2D eigenvalue weighted by Gasteiger charge is -2.44. The van der Waals surface area contributed by atoms with Crippen LogP contribution >= 0.6 is 0 Å². The smallest absolute Gasteiger partial charge is 0.322 e. The molecule has 3 amide bonds. The molecular weight excluding hydrogens is 457 g/mol. The molecule has 4 atom stereocenters. The summed E-state index contributed by atoms with van der Waals surface area (Å²) in [7, 11) is 1.90. The minimum atomic E-state index is -0.836. The Bertz CT molecular complexity index is 1000. The zero-order chi connectivity index (χ0) is 24.8. The average molecular weight is 490 g/mol. The first-order chi connectivity index (χ1) is 16.9. The minimum absolute atomic E-state index is 0.0750. The number of benzene rings is 1. The Labute approximate surface area is 203 Å². The molecule has 190 valence electrons. The number of anilines is 1. The molecule has 2 aliphatic heterocycles. The summed E-state index contributed by atoms with van der Waals surface area (Å²) in [5.41, 5.74) is 1.37. The second-order valence-corrected chi connectivity index (χ2v) is 9.06. The van der Waals surface area contributed by atoms with Crippen LogP contribution in [0.5, 0.6) is 0 Å². The standard InChI is InChI=1S/C24H32FN5O5/c1-29-11-18(27-15-29)8-9-26-23(32)10-20-6-7-21-22(35-20)14-34-13-19(31)12-30(21)24(33)28-17-4-2-16(25)3-5-17/h2-5,11,15,19-22,31H,6-10,12-14H2,1H3,(H,26,32)(H,28,33)/t19-,20-,21+,22-/m1/s1. The van der Waals surface area contributed by atoms with Gasteiger partial charge < -0.3 is 34.7 Å². The average Bonchev–Trinajstić information content (AvgIpc) is 3.23. The lowest BCUT2D eigenvalue weighted by atomic mass is 9.95. The number of nitrogens with one attached hydrogen (secondary N) is 2. The van der Waals surface area contributed by atoms with E-state index in [0.717, 1.165) is 5.69 Å². The van der Waals surface area contributed by atoms with Crippen LogP contribution in [0.15, 0.2) is 36.8 Å². The van der Waals surface area contributed by atoms with Crippen molar-refractivity contribution in [1.82, 2.24) is 19.8 Å². The summed E-state index contributed by atoms with van der Waals surface area (Å²) in [4.78, 5) is 31.3. The number of amides is 3. The SMILES string of the molecule is Cn1cnc(CCNC(=O)C[C@H]2CC[C@H]3[C@@H](COC[C@H](O)CN3C(=O)Nc3ccc(F)cc3)O2)c1. The second-order valence-electron chi connectivity index (χ2n) is 9.06. The predicted molar refractivity (Wildman–Crippen MR) is 125 cm³/mol. The van der Waals surface area contributed by atoms with E-state index < -0.39 is 24.1 Å². The molecule has 1 aromatic carbocycles. The van der Waals surface area contributed by atoms with Gasteiger partial charge in [-0.05, 0) is 37.1 Å². The first kappa shape index (κ1) is 25.1. The molecule has 0 bridgehead atoms. The molecule has 3 heterocycles. The van der Waals surface area contributed by atoms with Crippen LogP contribution in [0, 0.1) is 5.82 Å². The summed E-state index contributed by atoms with van der Waals surface area (Å²) < 4.78 is 26.9. The van der Waals surface area contributed by atoms with Crippen molar-refractivity contribution in [2.24, 2.45) is 7.05 Å². The third-order valence-corrected chi connectivity index (χ3v) is 6.21. The number of fused-ring (bicyclic) bond motifs is 1. The van der Waals surface area contributed by atoms with Crippen molar-refractivity contribution in [2.75, 3.05) is 31.6 Å². The number of nitrogens with zero attached hydrogens (tertiary/aromatic N) is 3. The first-order valence-electron chi connectivity index (χ1n) is 11.9. The number of halogens is 1. The second kappa shape index (κ2) is 11.6. The monoisotopic (exact) mass is 489 g/mol. The van der Waals surface area contributed by atoms with E-state index in [-0.39, 0.29) is 44.2 Å². The van der Waals surface area contributed by atoms with Gasteiger partial charge in [-0.3, -0.25) is 4.79 Å². The van der Waals surface area contributed by atoms with E-state index in [1.807, 2.05) is 17.8 Å². The van der Waals surface area contributed by atoms with Gasteiger partial charge in [0.1, 0.15) is 11.9 Å². The number of hydrogen-bond acceptors (Lipinski definition) is 6. The zero-order valence-corrected chi connectivity index (χ0v) is 19.7. The normalized spacial score (nSPS) is 24.7. The number of carbonyl (C=O) groups is 2. The molecule has 4 rings (SSSR count). The molecule has 11 heteroatoms. The number of ether oxygens (including phenoxy) is 2. The highest BCUT2D eigenvalue weighted by molar-refractivity contribution is 5.89. The van der Waals surface area contributed by atoms with Gasteiger partial charge in [0, 0.05) is 31.9 Å². The maximum absolute atomic E-state index is 13.2. The Morgan fingerprint density at radius 2 is 2.03 bits per heavy atom. The van der Waals surface area contributed by atoms with Crippen molar-refractivity contribution in [1.29, 1.82) is 0 Å². The Kier molecular flexibility index (Phi) is 8.32. The van der Waals surface area contributed by atoms with Crippen LogP contribution in [0.4, 0.5) is 14.9 Å². The summed E-state index contributed by atoms with van der Waals surface area (Å²) in [5, 5.41) is 15.9. The number of aromatic nitrogens is 2. The van der Waals surface area contributed by atoms with Gasteiger partial charge in [0.15, 0.2) is 0 Å². The highest BCUT2D eigenvalue weighted by atomic mass is 19.1. The number of β-amino-alcohol motifs (C(OH)–C–C–N with tert-alkyl or cyclic N) is 1. The maximum atomic E-state index is 13.2. The molecule has 0 spiro atoms. The van der Waals surface area contributed by atoms with Crippen molar-refractivity contribution < 1.29 is 28.6 Å². The van der Waals surface area contributed by atoms with Gasteiger partial charge in [0.2, 0.25) is 5.91 Å². The van der Waals surface area contributed by atoms with Crippen LogP contribution in [0.3, 0.4) is 0 Å². The van der Waals surface area contributed by atoms with Crippen LogP contribution in [-0.4, -0.2) is 82.2 Å². The van der Waals surface area contributed by atoms with Crippen molar-refractivity contribution in [3.05, 3.63) is 48.3 Å². The molecule has 2 fully saturated rings. The lowest BCUT2D eigenvalue weighted by molar-refractivity contribution is -0.149. The molecule has 3 N–H and O–H groups in total. The molecule has 35 heavy (non-hydrogen) atoms.